The van der Waals surface area contributed by atoms with Crippen molar-refractivity contribution in [3.8, 4) is 0 Å². The molecule has 1 aromatic carbocycles. The SMILES string of the molecule is COC(=O)CN=C1CCCc2ccccc21. The van der Waals surface area contributed by atoms with E-state index in [1.165, 1.54) is 18.2 Å². The molecule has 0 N–H and O–H groups in total. The van der Waals surface area contributed by atoms with Crippen LogP contribution in [0.4, 0.5) is 0 Å². The van der Waals surface area contributed by atoms with E-state index in [-0.39, 0.29) is 12.5 Å². The van der Waals surface area contributed by atoms with Crippen molar-refractivity contribution in [1.82, 2.24) is 0 Å². The third kappa shape index (κ3) is 2.30. The third-order valence-corrected chi connectivity index (χ3v) is 2.81. The van der Waals surface area contributed by atoms with Crippen LogP contribution in [0.3, 0.4) is 0 Å². The Balaban J connectivity index is 2.21. The fourth-order valence-electron chi connectivity index (χ4n) is 1.99. The quantitative estimate of drug-likeness (QED) is 0.710. The molecule has 84 valence electrons. The zero-order chi connectivity index (χ0) is 11.4. The summed E-state index contributed by atoms with van der Waals surface area (Å²) in [5.74, 6) is -0.282. The molecule has 0 radical (unpaired) electrons. The Kier molecular flexibility index (Phi) is 3.34. The topological polar surface area (TPSA) is 38.7 Å². The molecule has 0 atom stereocenters. The van der Waals surface area contributed by atoms with Crippen LogP contribution >= 0.6 is 0 Å². The highest BCUT2D eigenvalue weighted by Gasteiger charge is 2.14. The van der Waals surface area contributed by atoms with Gasteiger partial charge in [0.05, 0.1) is 7.11 Å². The van der Waals surface area contributed by atoms with Crippen LogP contribution in [-0.2, 0) is 16.0 Å². The van der Waals surface area contributed by atoms with Gasteiger partial charge in [-0.05, 0) is 30.4 Å². The number of carbonyl (C=O) groups is 1. The minimum Gasteiger partial charge on any atom is -0.468 e. The number of aryl methyl sites for hydroxylation is 1. The van der Waals surface area contributed by atoms with Crippen molar-refractivity contribution in [3.63, 3.8) is 0 Å². The number of methoxy groups -OCH3 is 1. The van der Waals surface area contributed by atoms with E-state index >= 15 is 0 Å². The molecule has 0 saturated heterocycles. The fourth-order valence-corrected chi connectivity index (χ4v) is 1.99. The summed E-state index contributed by atoms with van der Waals surface area (Å²) in [5.41, 5.74) is 3.56. The molecule has 3 nitrogen and oxygen atoms in total. The van der Waals surface area contributed by atoms with Crippen LogP contribution in [0.25, 0.3) is 0 Å². The monoisotopic (exact) mass is 217 g/mol. The second-order valence-corrected chi connectivity index (χ2v) is 3.85. The lowest BCUT2D eigenvalue weighted by atomic mass is 9.90. The summed E-state index contributed by atoms with van der Waals surface area (Å²) in [6.45, 7) is 0.125. The van der Waals surface area contributed by atoms with Gasteiger partial charge < -0.3 is 4.74 Å². The van der Waals surface area contributed by atoms with Gasteiger partial charge in [0.15, 0.2) is 0 Å². The van der Waals surface area contributed by atoms with Gasteiger partial charge in [0.25, 0.3) is 0 Å². The second-order valence-electron chi connectivity index (χ2n) is 3.85. The lowest BCUT2D eigenvalue weighted by Gasteiger charge is -2.17. The molecule has 2 rings (SSSR count). The first-order valence-corrected chi connectivity index (χ1v) is 5.49. The maximum atomic E-state index is 11.0. The number of hydrogen-bond donors (Lipinski definition) is 0. The molecule has 0 amide bonds. The molecule has 16 heavy (non-hydrogen) atoms. The second kappa shape index (κ2) is 4.92. The highest BCUT2D eigenvalue weighted by atomic mass is 16.5. The van der Waals surface area contributed by atoms with Gasteiger partial charge in [0, 0.05) is 5.71 Å². The number of hydrogen-bond acceptors (Lipinski definition) is 3. The number of esters is 1. The van der Waals surface area contributed by atoms with Crippen LogP contribution in [0.5, 0.6) is 0 Å². The maximum Gasteiger partial charge on any atom is 0.327 e. The number of carbonyl (C=O) groups excluding carboxylic acids is 1. The van der Waals surface area contributed by atoms with Crippen LogP contribution in [0.2, 0.25) is 0 Å². The van der Waals surface area contributed by atoms with Gasteiger partial charge in [0.1, 0.15) is 6.54 Å². The summed E-state index contributed by atoms with van der Waals surface area (Å²) in [4.78, 5) is 15.4. The molecule has 0 heterocycles. The number of fused-ring (bicyclic) bond motifs is 1. The summed E-state index contributed by atoms with van der Waals surface area (Å²) < 4.78 is 4.58. The Labute approximate surface area is 95.2 Å². The average molecular weight is 217 g/mol. The number of benzene rings is 1. The molecule has 1 aliphatic carbocycles. The van der Waals surface area contributed by atoms with E-state index in [1.807, 2.05) is 12.1 Å². The molecule has 1 aliphatic rings. The molecule has 0 unspecified atom stereocenters. The van der Waals surface area contributed by atoms with E-state index in [1.54, 1.807) is 0 Å². The number of nitrogens with zero attached hydrogens (tertiary/aromatic N) is 1. The van der Waals surface area contributed by atoms with Gasteiger partial charge in [-0.25, -0.2) is 0 Å². The molecule has 0 aromatic heterocycles. The minimum atomic E-state index is -0.282. The molecule has 3 heteroatoms. The summed E-state index contributed by atoms with van der Waals surface area (Å²) in [7, 11) is 1.39. The van der Waals surface area contributed by atoms with Gasteiger partial charge in [-0.1, -0.05) is 24.3 Å². The highest BCUT2D eigenvalue weighted by Crippen LogP contribution is 2.21. The molecular weight excluding hydrogens is 202 g/mol. The lowest BCUT2D eigenvalue weighted by Crippen LogP contribution is -2.14. The van der Waals surface area contributed by atoms with Crippen LogP contribution in [0, 0.1) is 0 Å². The van der Waals surface area contributed by atoms with Crippen molar-refractivity contribution < 1.29 is 9.53 Å². The summed E-state index contributed by atoms with van der Waals surface area (Å²) in [6, 6.07) is 8.26. The molecular formula is C13H15NO2. The molecule has 0 saturated carbocycles. The Bertz CT molecular complexity index is 424. The standard InChI is InChI=1S/C13H15NO2/c1-16-13(15)9-14-12-8-4-6-10-5-2-3-7-11(10)12/h2-3,5,7H,4,6,8-9H2,1H3. The largest absolute Gasteiger partial charge is 0.468 e. The summed E-state index contributed by atoms with van der Waals surface area (Å²) >= 11 is 0. The predicted molar refractivity (Wildman–Crippen MR) is 62.8 cm³/mol. The van der Waals surface area contributed by atoms with Crippen molar-refractivity contribution in [2.75, 3.05) is 13.7 Å². The van der Waals surface area contributed by atoms with Crippen LogP contribution < -0.4 is 0 Å². The van der Waals surface area contributed by atoms with Gasteiger partial charge in [-0.3, -0.25) is 9.79 Å². The number of aliphatic imine (C=N–C) groups is 1. The lowest BCUT2D eigenvalue weighted by molar-refractivity contribution is -0.138. The number of rotatable bonds is 2. The van der Waals surface area contributed by atoms with Gasteiger partial charge in [0.2, 0.25) is 0 Å². The van der Waals surface area contributed by atoms with Crippen molar-refractivity contribution in [1.29, 1.82) is 0 Å². The van der Waals surface area contributed by atoms with E-state index in [0.717, 1.165) is 25.0 Å². The van der Waals surface area contributed by atoms with Crippen molar-refractivity contribution in [2.45, 2.75) is 19.3 Å². The Morgan fingerprint density at radius 3 is 3.00 bits per heavy atom. The first-order valence-electron chi connectivity index (χ1n) is 5.49. The number of ether oxygens (including phenoxy) is 1. The van der Waals surface area contributed by atoms with E-state index < -0.39 is 0 Å². The van der Waals surface area contributed by atoms with Crippen molar-refractivity contribution in [2.24, 2.45) is 4.99 Å². The summed E-state index contributed by atoms with van der Waals surface area (Å²) in [6.07, 6.45) is 3.17. The molecule has 0 spiro atoms. The molecule has 0 bridgehead atoms. The Morgan fingerprint density at radius 1 is 1.38 bits per heavy atom. The van der Waals surface area contributed by atoms with E-state index in [9.17, 15) is 4.79 Å². The summed E-state index contributed by atoms with van der Waals surface area (Å²) in [5, 5.41) is 0. The third-order valence-electron chi connectivity index (χ3n) is 2.81. The van der Waals surface area contributed by atoms with Gasteiger partial charge in [-0.15, -0.1) is 0 Å². The van der Waals surface area contributed by atoms with Gasteiger partial charge >= 0.3 is 5.97 Å². The fraction of sp³-hybridized carbons (Fsp3) is 0.385. The van der Waals surface area contributed by atoms with Crippen molar-refractivity contribution >= 4 is 11.7 Å². The smallest absolute Gasteiger partial charge is 0.327 e. The Hall–Kier alpha value is -1.64. The van der Waals surface area contributed by atoms with Crippen LogP contribution in [0.1, 0.15) is 24.0 Å². The molecule has 0 aliphatic heterocycles. The van der Waals surface area contributed by atoms with E-state index in [4.69, 9.17) is 0 Å². The zero-order valence-corrected chi connectivity index (χ0v) is 9.40. The molecule has 0 fully saturated rings. The van der Waals surface area contributed by atoms with Gasteiger partial charge in [-0.2, -0.15) is 0 Å². The average Bonchev–Trinajstić information content (AvgIpc) is 2.35. The maximum absolute atomic E-state index is 11.0. The van der Waals surface area contributed by atoms with E-state index in [2.05, 4.69) is 21.9 Å². The Morgan fingerprint density at radius 2 is 2.19 bits per heavy atom. The van der Waals surface area contributed by atoms with E-state index in [0.29, 0.717) is 0 Å². The van der Waals surface area contributed by atoms with Crippen LogP contribution in [0.15, 0.2) is 29.3 Å². The van der Waals surface area contributed by atoms with Crippen LogP contribution in [-0.4, -0.2) is 25.3 Å². The first-order chi connectivity index (χ1) is 7.81. The zero-order valence-electron chi connectivity index (χ0n) is 9.40. The normalized spacial score (nSPS) is 16.9. The molecule has 1 aromatic rings. The van der Waals surface area contributed by atoms with Crippen molar-refractivity contribution in [3.05, 3.63) is 35.4 Å². The highest BCUT2D eigenvalue weighted by molar-refractivity contribution is 6.03. The predicted octanol–water partition coefficient (Wildman–Crippen LogP) is 1.98. The first kappa shape index (κ1) is 10.9. The minimum absolute atomic E-state index is 0.125.